The van der Waals surface area contributed by atoms with E-state index in [2.05, 4.69) is 5.32 Å². The molecule has 1 heterocycles. The quantitative estimate of drug-likeness (QED) is 0.826. The molecule has 3 N–H and O–H groups in total. The van der Waals surface area contributed by atoms with Crippen molar-refractivity contribution >= 4 is 5.97 Å². The van der Waals surface area contributed by atoms with E-state index in [9.17, 15) is 9.90 Å². The zero-order chi connectivity index (χ0) is 14.8. The average molecular weight is 278 g/mol. The lowest BCUT2D eigenvalue weighted by Crippen LogP contribution is -2.86. The molecule has 0 saturated carbocycles. The van der Waals surface area contributed by atoms with Crippen molar-refractivity contribution in [2.75, 3.05) is 13.1 Å². The SMILES string of the molecule is Cc1ccc(O)c(C(=O)OC(C)(C)C2CC[NH2+]CC2)c1. The van der Waals surface area contributed by atoms with E-state index in [0.717, 1.165) is 31.5 Å². The summed E-state index contributed by atoms with van der Waals surface area (Å²) in [6, 6.07) is 4.98. The second-order valence-corrected chi connectivity index (χ2v) is 6.15. The number of quaternary nitrogens is 1. The number of nitrogens with two attached hydrogens (primary N) is 1. The number of phenols is 1. The van der Waals surface area contributed by atoms with Crippen LogP contribution in [-0.4, -0.2) is 29.8 Å². The Morgan fingerprint density at radius 1 is 1.35 bits per heavy atom. The van der Waals surface area contributed by atoms with Gasteiger partial charge in [0.1, 0.15) is 16.9 Å². The Bertz CT molecular complexity index is 490. The molecule has 0 radical (unpaired) electrons. The van der Waals surface area contributed by atoms with Gasteiger partial charge < -0.3 is 15.2 Å². The molecule has 1 aromatic carbocycles. The topological polar surface area (TPSA) is 63.1 Å². The van der Waals surface area contributed by atoms with E-state index in [-0.39, 0.29) is 11.3 Å². The van der Waals surface area contributed by atoms with Gasteiger partial charge in [-0.15, -0.1) is 0 Å². The number of carbonyl (C=O) groups excluding carboxylic acids is 1. The van der Waals surface area contributed by atoms with Gasteiger partial charge in [-0.2, -0.15) is 0 Å². The summed E-state index contributed by atoms with van der Waals surface area (Å²) in [5.74, 6) is -0.0810. The number of aromatic hydroxyl groups is 1. The van der Waals surface area contributed by atoms with Crippen LogP contribution < -0.4 is 5.32 Å². The molecule has 4 nitrogen and oxygen atoms in total. The molecule has 0 unspecified atom stereocenters. The van der Waals surface area contributed by atoms with Crippen LogP contribution in [0.5, 0.6) is 5.75 Å². The molecule has 1 aromatic rings. The predicted molar refractivity (Wildman–Crippen MR) is 76.7 cm³/mol. The van der Waals surface area contributed by atoms with Crippen LogP contribution in [0.1, 0.15) is 42.6 Å². The zero-order valence-electron chi connectivity index (χ0n) is 12.5. The second kappa shape index (κ2) is 5.83. The Hall–Kier alpha value is -1.55. The number of hydrogen-bond acceptors (Lipinski definition) is 3. The van der Waals surface area contributed by atoms with Crippen molar-refractivity contribution in [1.82, 2.24) is 0 Å². The number of benzene rings is 1. The molecule has 0 amide bonds. The lowest BCUT2D eigenvalue weighted by molar-refractivity contribution is -0.665. The van der Waals surface area contributed by atoms with E-state index >= 15 is 0 Å². The third-order valence-electron chi connectivity index (χ3n) is 4.15. The molecular formula is C16H24NO3+. The Kier molecular flexibility index (Phi) is 4.33. The smallest absolute Gasteiger partial charge is 0.342 e. The second-order valence-electron chi connectivity index (χ2n) is 6.15. The lowest BCUT2D eigenvalue weighted by atomic mass is 9.83. The van der Waals surface area contributed by atoms with Crippen LogP contribution >= 0.6 is 0 Å². The number of esters is 1. The van der Waals surface area contributed by atoms with Crippen molar-refractivity contribution in [1.29, 1.82) is 0 Å². The fourth-order valence-electron chi connectivity index (χ4n) is 2.81. The lowest BCUT2D eigenvalue weighted by Gasteiger charge is -2.35. The molecule has 0 spiro atoms. The highest BCUT2D eigenvalue weighted by Crippen LogP contribution is 2.30. The van der Waals surface area contributed by atoms with Gasteiger partial charge in [-0.25, -0.2) is 4.79 Å². The Labute approximate surface area is 120 Å². The molecule has 0 atom stereocenters. The minimum absolute atomic E-state index is 0.0200. The molecule has 4 heteroatoms. The molecule has 1 aliphatic heterocycles. The van der Waals surface area contributed by atoms with E-state index in [1.165, 1.54) is 6.07 Å². The Balaban J connectivity index is 2.11. The predicted octanol–water partition coefficient (Wildman–Crippen LogP) is 1.61. The first-order chi connectivity index (χ1) is 9.40. The number of piperidine rings is 1. The summed E-state index contributed by atoms with van der Waals surface area (Å²) in [6.07, 6.45) is 2.11. The monoisotopic (exact) mass is 278 g/mol. The minimum Gasteiger partial charge on any atom is -0.507 e. The van der Waals surface area contributed by atoms with Crippen molar-refractivity contribution < 1.29 is 20.0 Å². The summed E-state index contributed by atoms with van der Waals surface area (Å²) in [6.45, 7) is 7.99. The summed E-state index contributed by atoms with van der Waals surface area (Å²) in [5.41, 5.74) is 0.682. The standard InChI is InChI=1S/C16H23NO3/c1-11-4-5-14(18)13(10-11)15(19)20-16(2,3)12-6-8-17-9-7-12/h4-5,10,12,17-18H,6-9H2,1-3H3/p+1. The van der Waals surface area contributed by atoms with Crippen molar-refractivity contribution in [3.8, 4) is 5.75 Å². The van der Waals surface area contributed by atoms with Crippen molar-refractivity contribution in [2.24, 2.45) is 5.92 Å². The van der Waals surface area contributed by atoms with Gasteiger partial charge in [-0.05, 0) is 32.9 Å². The molecule has 0 aliphatic carbocycles. The van der Waals surface area contributed by atoms with Crippen molar-refractivity contribution in [2.45, 2.75) is 39.2 Å². The molecule has 2 rings (SSSR count). The number of rotatable bonds is 3. The first-order valence-corrected chi connectivity index (χ1v) is 7.25. The van der Waals surface area contributed by atoms with Crippen LogP contribution in [0.3, 0.4) is 0 Å². The van der Waals surface area contributed by atoms with E-state index in [4.69, 9.17) is 4.74 Å². The maximum absolute atomic E-state index is 12.3. The third-order valence-corrected chi connectivity index (χ3v) is 4.15. The largest absolute Gasteiger partial charge is 0.507 e. The molecule has 1 aliphatic rings. The van der Waals surface area contributed by atoms with Gasteiger partial charge in [0.25, 0.3) is 0 Å². The van der Waals surface area contributed by atoms with Crippen LogP contribution in [0.15, 0.2) is 18.2 Å². The van der Waals surface area contributed by atoms with Crippen LogP contribution in [0.2, 0.25) is 0 Å². The molecule has 1 saturated heterocycles. The fourth-order valence-corrected chi connectivity index (χ4v) is 2.81. The van der Waals surface area contributed by atoms with E-state index in [0.29, 0.717) is 5.92 Å². The minimum atomic E-state index is -0.498. The number of hydrogen-bond donors (Lipinski definition) is 2. The first-order valence-electron chi connectivity index (χ1n) is 7.25. The third kappa shape index (κ3) is 3.31. The normalized spacial score (nSPS) is 16.9. The summed E-state index contributed by atoms with van der Waals surface area (Å²) in [4.78, 5) is 12.3. The molecule has 20 heavy (non-hydrogen) atoms. The highest BCUT2D eigenvalue weighted by atomic mass is 16.6. The van der Waals surface area contributed by atoms with Crippen LogP contribution in [0.25, 0.3) is 0 Å². The molecule has 1 fully saturated rings. The summed E-state index contributed by atoms with van der Waals surface area (Å²) in [7, 11) is 0. The van der Waals surface area contributed by atoms with E-state index in [1.54, 1.807) is 12.1 Å². The maximum Gasteiger partial charge on any atom is 0.342 e. The van der Waals surface area contributed by atoms with Crippen LogP contribution in [0, 0.1) is 12.8 Å². The maximum atomic E-state index is 12.3. The van der Waals surface area contributed by atoms with Crippen LogP contribution in [0.4, 0.5) is 0 Å². The van der Waals surface area contributed by atoms with E-state index in [1.807, 2.05) is 20.8 Å². The first kappa shape index (κ1) is 14.9. The van der Waals surface area contributed by atoms with Gasteiger partial charge in [0.05, 0.1) is 13.1 Å². The van der Waals surface area contributed by atoms with Crippen LogP contribution in [-0.2, 0) is 4.74 Å². The number of phenolic OH excluding ortho intramolecular Hbond substituents is 1. The van der Waals surface area contributed by atoms with Gasteiger partial charge >= 0.3 is 5.97 Å². The molecule has 0 bridgehead atoms. The van der Waals surface area contributed by atoms with E-state index < -0.39 is 11.6 Å². The molecule has 0 aromatic heterocycles. The van der Waals surface area contributed by atoms with Gasteiger partial charge in [0.2, 0.25) is 0 Å². The highest BCUT2D eigenvalue weighted by Gasteiger charge is 2.36. The van der Waals surface area contributed by atoms with Gasteiger partial charge in [0.15, 0.2) is 0 Å². The Morgan fingerprint density at radius 3 is 2.65 bits per heavy atom. The molecule has 110 valence electrons. The number of ether oxygens (including phenoxy) is 1. The average Bonchev–Trinajstić information content (AvgIpc) is 2.42. The van der Waals surface area contributed by atoms with Gasteiger partial charge in [0, 0.05) is 18.8 Å². The number of carbonyl (C=O) groups is 1. The van der Waals surface area contributed by atoms with Gasteiger partial charge in [-0.3, -0.25) is 0 Å². The molecular weight excluding hydrogens is 254 g/mol. The summed E-state index contributed by atoms with van der Waals surface area (Å²) >= 11 is 0. The zero-order valence-corrected chi connectivity index (χ0v) is 12.5. The highest BCUT2D eigenvalue weighted by molar-refractivity contribution is 5.92. The summed E-state index contributed by atoms with van der Waals surface area (Å²) in [5, 5.41) is 12.1. The van der Waals surface area contributed by atoms with Crippen molar-refractivity contribution in [3.05, 3.63) is 29.3 Å². The fraction of sp³-hybridized carbons (Fsp3) is 0.562. The number of aryl methyl sites for hydroxylation is 1. The Morgan fingerprint density at radius 2 is 2.00 bits per heavy atom. The van der Waals surface area contributed by atoms with Gasteiger partial charge in [-0.1, -0.05) is 11.6 Å². The van der Waals surface area contributed by atoms with Crippen molar-refractivity contribution in [3.63, 3.8) is 0 Å². The summed E-state index contributed by atoms with van der Waals surface area (Å²) < 4.78 is 5.69.